The molecule has 0 fully saturated rings. The molecule has 1 heterocycles. The highest BCUT2D eigenvalue weighted by Crippen LogP contribution is 2.26. The van der Waals surface area contributed by atoms with Crippen molar-refractivity contribution < 1.29 is 14.3 Å². The Bertz CT molecular complexity index is 1300. The Morgan fingerprint density at radius 1 is 0.938 bits per heavy atom. The van der Waals surface area contributed by atoms with E-state index in [-0.39, 0.29) is 5.91 Å². The number of hydrogen-bond donors (Lipinski definition) is 1. The summed E-state index contributed by atoms with van der Waals surface area (Å²) < 4.78 is 12.8. The van der Waals surface area contributed by atoms with E-state index in [2.05, 4.69) is 15.1 Å². The van der Waals surface area contributed by atoms with Gasteiger partial charge < -0.3 is 14.0 Å². The molecule has 4 rings (SSSR count). The Labute approximate surface area is 187 Å². The first-order valence-electron chi connectivity index (χ1n) is 10.3. The van der Waals surface area contributed by atoms with E-state index in [1.165, 1.54) is 0 Å². The van der Waals surface area contributed by atoms with Crippen molar-refractivity contribution in [2.24, 2.45) is 5.10 Å². The summed E-state index contributed by atoms with van der Waals surface area (Å²) in [6.07, 6.45) is 1.66. The zero-order chi connectivity index (χ0) is 22.7. The first-order chi connectivity index (χ1) is 15.5. The van der Waals surface area contributed by atoms with Gasteiger partial charge in [-0.15, -0.1) is 0 Å². The number of rotatable bonds is 6. The van der Waals surface area contributed by atoms with Gasteiger partial charge in [0.15, 0.2) is 0 Å². The standard InChI is InChI=1S/C26H25N3O3/c1-17-13-21(18(2)29(17)22-9-11-23(31-3)12-10-22)16-27-28-26(30)24-14-19-7-5-6-8-20(19)15-25(24)32-4/h5-16H,1-4H3,(H,28,30). The molecule has 0 spiro atoms. The first kappa shape index (κ1) is 21.2. The van der Waals surface area contributed by atoms with Crippen LogP contribution in [0.3, 0.4) is 0 Å². The van der Waals surface area contributed by atoms with Crippen molar-refractivity contribution in [1.82, 2.24) is 9.99 Å². The number of amides is 1. The smallest absolute Gasteiger partial charge is 0.275 e. The summed E-state index contributed by atoms with van der Waals surface area (Å²) in [5.41, 5.74) is 7.10. The van der Waals surface area contributed by atoms with Gasteiger partial charge in [-0.05, 0) is 67.1 Å². The molecule has 0 aliphatic heterocycles. The molecule has 4 aromatic rings. The van der Waals surface area contributed by atoms with Crippen molar-refractivity contribution in [1.29, 1.82) is 0 Å². The molecule has 1 amide bonds. The second-order valence-corrected chi connectivity index (χ2v) is 7.46. The van der Waals surface area contributed by atoms with E-state index in [4.69, 9.17) is 9.47 Å². The summed E-state index contributed by atoms with van der Waals surface area (Å²) in [5, 5.41) is 6.17. The second-order valence-electron chi connectivity index (χ2n) is 7.46. The van der Waals surface area contributed by atoms with Crippen molar-refractivity contribution in [3.05, 3.63) is 89.2 Å². The van der Waals surface area contributed by atoms with Crippen LogP contribution in [0.1, 0.15) is 27.3 Å². The van der Waals surface area contributed by atoms with Crippen molar-refractivity contribution >= 4 is 22.9 Å². The Hall–Kier alpha value is -4.06. The highest BCUT2D eigenvalue weighted by Gasteiger charge is 2.14. The molecule has 0 unspecified atom stereocenters. The van der Waals surface area contributed by atoms with Crippen LogP contribution in [-0.4, -0.2) is 30.9 Å². The molecule has 0 saturated heterocycles. The van der Waals surface area contributed by atoms with Crippen LogP contribution in [0, 0.1) is 13.8 Å². The summed E-state index contributed by atoms with van der Waals surface area (Å²) in [6, 6.07) is 21.4. The average molecular weight is 428 g/mol. The number of ether oxygens (including phenoxy) is 2. The molecule has 0 atom stereocenters. The van der Waals surface area contributed by atoms with E-state index in [9.17, 15) is 4.79 Å². The number of nitrogens with one attached hydrogen (secondary N) is 1. The minimum atomic E-state index is -0.326. The zero-order valence-corrected chi connectivity index (χ0v) is 18.5. The number of aryl methyl sites for hydroxylation is 1. The van der Waals surface area contributed by atoms with E-state index in [0.717, 1.165) is 39.2 Å². The molecule has 6 heteroatoms. The third-order valence-electron chi connectivity index (χ3n) is 5.48. The fourth-order valence-electron chi connectivity index (χ4n) is 3.83. The molecule has 3 aromatic carbocycles. The summed E-state index contributed by atoms with van der Waals surface area (Å²) in [5.74, 6) is 0.992. The third kappa shape index (κ3) is 4.07. The zero-order valence-electron chi connectivity index (χ0n) is 18.5. The van der Waals surface area contributed by atoms with Crippen LogP contribution in [-0.2, 0) is 0 Å². The van der Waals surface area contributed by atoms with Crippen molar-refractivity contribution in [2.75, 3.05) is 14.2 Å². The molecule has 32 heavy (non-hydrogen) atoms. The first-order valence-corrected chi connectivity index (χ1v) is 10.3. The van der Waals surface area contributed by atoms with Gasteiger partial charge in [-0.1, -0.05) is 24.3 Å². The maximum atomic E-state index is 12.8. The van der Waals surface area contributed by atoms with E-state index >= 15 is 0 Å². The molecule has 0 aliphatic carbocycles. The molecular weight excluding hydrogens is 402 g/mol. The van der Waals surface area contributed by atoms with Crippen molar-refractivity contribution in [3.63, 3.8) is 0 Å². The largest absolute Gasteiger partial charge is 0.497 e. The van der Waals surface area contributed by atoms with Crippen LogP contribution < -0.4 is 14.9 Å². The molecule has 0 saturated carbocycles. The van der Waals surface area contributed by atoms with Crippen molar-refractivity contribution in [2.45, 2.75) is 13.8 Å². The number of fused-ring (bicyclic) bond motifs is 1. The predicted octanol–water partition coefficient (Wildman–Crippen LogP) is 5.03. The summed E-state index contributed by atoms with van der Waals surface area (Å²) >= 11 is 0. The second kappa shape index (κ2) is 8.98. The highest BCUT2D eigenvalue weighted by molar-refractivity contribution is 6.02. The number of carbonyl (C=O) groups excluding carboxylic acids is 1. The van der Waals surface area contributed by atoms with Crippen LogP contribution in [0.5, 0.6) is 11.5 Å². The molecule has 1 aromatic heterocycles. The number of aromatic nitrogens is 1. The third-order valence-corrected chi connectivity index (χ3v) is 5.48. The molecule has 162 valence electrons. The topological polar surface area (TPSA) is 64.8 Å². The maximum Gasteiger partial charge on any atom is 0.275 e. The van der Waals surface area contributed by atoms with Gasteiger partial charge in [0.2, 0.25) is 0 Å². The van der Waals surface area contributed by atoms with Crippen LogP contribution in [0.25, 0.3) is 16.5 Å². The average Bonchev–Trinajstić information content (AvgIpc) is 3.10. The van der Waals surface area contributed by atoms with Gasteiger partial charge in [-0.25, -0.2) is 5.43 Å². The van der Waals surface area contributed by atoms with Gasteiger partial charge in [0.25, 0.3) is 5.91 Å². The molecule has 0 bridgehead atoms. The quantitative estimate of drug-likeness (QED) is 0.347. The van der Waals surface area contributed by atoms with Gasteiger partial charge in [-0.2, -0.15) is 5.10 Å². The van der Waals surface area contributed by atoms with Crippen LogP contribution in [0.15, 0.2) is 71.8 Å². The molecule has 1 N–H and O–H groups in total. The highest BCUT2D eigenvalue weighted by atomic mass is 16.5. The summed E-state index contributed by atoms with van der Waals surface area (Å²) in [7, 11) is 3.20. The van der Waals surface area contributed by atoms with Gasteiger partial charge in [-0.3, -0.25) is 4.79 Å². The molecule has 6 nitrogen and oxygen atoms in total. The van der Waals surface area contributed by atoms with E-state index in [0.29, 0.717) is 11.3 Å². The monoisotopic (exact) mass is 427 g/mol. The van der Waals surface area contributed by atoms with Gasteiger partial charge >= 0.3 is 0 Å². The van der Waals surface area contributed by atoms with Crippen molar-refractivity contribution in [3.8, 4) is 17.2 Å². The number of hydrazone groups is 1. The van der Waals surface area contributed by atoms with Crippen LogP contribution in [0.4, 0.5) is 0 Å². The Balaban J connectivity index is 1.55. The van der Waals surface area contributed by atoms with Gasteiger partial charge in [0.1, 0.15) is 11.5 Å². The Morgan fingerprint density at radius 3 is 2.28 bits per heavy atom. The summed E-state index contributed by atoms with van der Waals surface area (Å²) in [6.45, 7) is 4.06. The molecular formula is C26H25N3O3. The van der Waals surface area contributed by atoms with E-state index < -0.39 is 0 Å². The lowest BCUT2D eigenvalue weighted by Crippen LogP contribution is -2.18. The number of nitrogens with zero attached hydrogens (tertiary/aromatic N) is 2. The van der Waals surface area contributed by atoms with Crippen LogP contribution >= 0.6 is 0 Å². The van der Waals surface area contributed by atoms with Gasteiger partial charge in [0, 0.05) is 22.6 Å². The lowest BCUT2D eigenvalue weighted by Gasteiger charge is -2.10. The number of methoxy groups -OCH3 is 2. The Kier molecular flexibility index (Phi) is 5.94. The number of hydrogen-bond acceptors (Lipinski definition) is 4. The SMILES string of the molecule is COc1ccc(-n2c(C)cc(C=NNC(=O)c3cc4ccccc4cc3OC)c2C)cc1. The van der Waals surface area contributed by atoms with E-state index in [1.54, 1.807) is 20.4 Å². The fourth-order valence-corrected chi connectivity index (χ4v) is 3.83. The number of benzene rings is 3. The normalized spacial score (nSPS) is 11.1. The van der Waals surface area contributed by atoms with Gasteiger partial charge in [0.05, 0.1) is 26.0 Å². The lowest BCUT2D eigenvalue weighted by molar-refractivity contribution is 0.0952. The lowest BCUT2D eigenvalue weighted by atomic mass is 10.1. The minimum Gasteiger partial charge on any atom is -0.497 e. The van der Waals surface area contributed by atoms with Crippen LogP contribution in [0.2, 0.25) is 0 Å². The summed E-state index contributed by atoms with van der Waals surface area (Å²) in [4.78, 5) is 12.8. The minimum absolute atomic E-state index is 0.326. The van der Waals surface area contributed by atoms with E-state index in [1.807, 2.05) is 80.6 Å². The Morgan fingerprint density at radius 2 is 1.62 bits per heavy atom. The number of carbonyl (C=O) groups is 1. The maximum absolute atomic E-state index is 12.8. The predicted molar refractivity (Wildman–Crippen MR) is 127 cm³/mol. The molecule has 0 aliphatic rings. The fraction of sp³-hybridized carbons (Fsp3) is 0.154. The molecule has 0 radical (unpaired) electrons.